The molecule has 0 heterocycles. The SMILES string of the molecule is O=[Se](O)O.[H-].[Na+].[Se]. The molecule has 0 spiro atoms. The summed E-state index contributed by atoms with van der Waals surface area (Å²) in [4.78, 5) is 0. The Morgan fingerprint density at radius 3 is 1.50 bits per heavy atom. The first kappa shape index (κ1) is 15.7. The van der Waals surface area contributed by atoms with E-state index in [1.807, 2.05) is 0 Å². The third-order valence-electron chi connectivity index (χ3n) is 0. The van der Waals surface area contributed by atoms with Gasteiger partial charge in [-0.1, -0.05) is 0 Å². The van der Waals surface area contributed by atoms with Crippen LogP contribution >= 0.6 is 0 Å². The van der Waals surface area contributed by atoms with Crippen molar-refractivity contribution in [2.24, 2.45) is 0 Å². The predicted octanol–water partition coefficient (Wildman–Crippen LogP) is -4.88. The summed E-state index contributed by atoms with van der Waals surface area (Å²) in [6, 6.07) is 0. The first-order chi connectivity index (χ1) is 1.73. The minimum absolute atomic E-state index is 0. The summed E-state index contributed by atoms with van der Waals surface area (Å²) >= 11 is -3.29. The molecule has 0 rings (SSSR count). The van der Waals surface area contributed by atoms with Crippen LogP contribution in [-0.2, 0) is 3.83 Å². The smallest absolute Gasteiger partial charge is 1.00 e. The van der Waals surface area contributed by atoms with Gasteiger partial charge in [-0.2, -0.15) is 0 Å². The molecule has 0 aliphatic carbocycles. The van der Waals surface area contributed by atoms with Gasteiger partial charge >= 0.3 is 56.3 Å². The van der Waals surface area contributed by atoms with E-state index in [9.17, 15) is 0 Å². The molecule has 0 saturated heterocycles. The third-order valence-corrected chi connectivity index (χ3v) is 0. The van der Waals surface area contributed by atoms with Gasteiger partial charge in [-0.05, 0) is 0 Å². The Labute approximate surface area is 74.1 Å². The van der Waals surface area contributed by atoms with Gasteiger partial charge in [0, 0.05) is 17.1 Å². The number of hydrogen-bond acceptors (Lipinski definition) is 1. The quantitative estimate of drug-likeness (QED) is 0.412. The Kier molecular flexibility index (Phi) is 25.8. The maximum atomic E-state index is 8.76. The van der Waals surface area contributed by atoms with Crippen LogP contribution in [0.2, 0.25) is 0 Å². The van der Waals surface area contributed by atoms with Crippen LogP contribution in [0.4, 0.5) is 0 Å². The Hall–Kier alpha value is 1.76. The Balaban J connectivity index is -0.0000000150. The summed E-state index contributed by atoms with van der Waals surface area (Å²) in [5.74, 6) is 0. The molecule has 6 heteroatoms. The molecule has 0 aromatic heterocycles. The molecule has 0 saturated carbocycles. The van der Waals surface area contributed by atoms with Crippen LogP contribution in [-0.4, -0.2) is 39.9 Å². The van der Waals surface area contributed by atoms with Crippen molar-refractivity contribution in [2.45, 2.75) is 0 Å². The largest absolute Gasteiger partial charge is 1.00 e. The Bertz CT molecular complexity index is 35.9. The van der Waals surface area contributed by atoms with Crippen LogP contribution in [0.5, 0.6) is 0 Å². The van der Waals surface area contributed by atoms with Crippen molar-refractivity contribution in [3.05, 3.63) is 0 Å². The van der Waals surface area contributed by atoms with Crippen molar-refractivity contribution in [3.63, 3.8) is 0 Å². The second-order valence-electron chi connectivity index (χ2n) is 0.231. The second-order valence-corrected chi connectivity index (χ2v) is 1.20. The monoisotopic (exact) mass is 234 g/mol. The molecular formula is H3NaO3Se2. The van der Waals surface area contributed by atoms with E-state index in [4.69, 9.17) is 12.2 Å². The van der Waals surface area contributed by atoms with Gasteiger partial charge in [0.25, 0.3) is 0 Å². The van der Waals surface area contributed by atoms with Crippen LogP contribution in [0.15, 0.2) is 0 Å². The number of rotatable bonds is 0. The fourth-order valence-corrected chi connectivity index (χ4v) is 0. The summed E-state index contributed by atoms with van der Waals surface area (Å²) in [6.45, 7) is 0. The molecule has 0 fully saturated rings. The van der Waals surface area contributed by atoms with Crippen molar-refractivity contribution in [1.29, 1.82) is 0 Å². The molecule has 2 radical (unpaired) electrons. The van der Waals surface area contributed by atoms with Crippen molar-refractivity contribution in [2.75, 3.05) is 0 Å². The molecule has 34 valence electrons. The van der Waals surface area contributed by atoms with Gasteiger partial charge in [0.05, 0.1) is 0 Å². The Morgan fingerprint density at radius 2 is 1.50 bits per heavy atom. The van der Waals surface area contributed by atoms with Crippen LogP contribution in [0, 0.1) is 0 Å². The minimum atomic E-state index is -3.29. The standard InChI is InChI=1S/Na.H2O3Se.Se.H/c;1-4(2)3;;/h;(H2,1,2,3);;/q+1;;;-1. The average Bonchev–Trinajstić information content (AvgIpc) is 0.811. The summed E-state index contributed by atoms with van der Waals surface area (Å²) in [6.07, 6.45) is 0. The van der Waals surface area contributed by atoms with E-state index in [0.717, 1.165) is 0 Å². The third kappa shape index (κ3) is 42.2. The molecule has 0 amide bonds. The average molecular weight is 232 g/mol. The van der Waals surface area contributed by atoms with E-state index in [2.05, 4.69) is 0 Å². The molecule has 6 heavy (non-hydrogen) atoms. The Morgan fingerprint density at radius 1 is 1.50 bits per heavy atom. The zero-order chi connectivity index (χ0) is 3.58. The van der Waals surface area contributed by atoms with E-state index >= 15 is 0 Å². The van der Waals surface area contributed by atoms with Gasteiger partial charge in [-0.25, -0.2) is 0 Å². The maximum Gasteiger partial charge on any atom is 1.00 e. The summed E-state index contributed by atoms with van der Waals surface area (Å²) in [5.41, 5.74) is 0. The summed E-state index contributed by atoms with van der Waals surface area (Å²) in [7, 11) is 0. The fourth-order valence-electron chi connectivity index (χ4n) is 0. The first-order valence-corrected chi connectivity index (χ1v) is 2.76. The van der Waals surface area contributed by atoms with Crippen molar-refractivity contribution < 1.29 is 43.2 Å². The van der Waals surface area contributed by atoms with Gasteiger partial charge in [0.2, 0.25) is 0 Å². The second kappa shape index (κ2) is 9.90. The van der Waals surface area contributed by atoms with Crippen LogP contribution in [0.25, 0.3) is 0 Å². The zero-order valence-corrected chi connectivity index (χ0v) is 8.55. The van der Waals surface area contributed by atoms with Gasteiger partial charge < -0.3 is 1.43 Å². The van der Waals surface area contributed by atoms with Gasteiger partial charge in [-0.3, -0.25) is 0 Å². The van der Waals surface area contributed by atoms with E-state index in [-0.39, 0.29) is 48.1 Å². The van der Waals surface area contributed by atoms with Crippen molar-refractivity contribution in [3.8, 4) is 0 Å². The summed E-state index contributed by atoms with van der Waals surface area (Å²) < 4.78 is 23.1. The molecule has 2 N–H and O–H groups in total. The molecule has 0 unspecified atom stereocenters. The molecular weight excluding hydrogens is 229 g/mol. The first-order valence-electron chi connectivity index (χ1n) is 0.532. The van der Waals surface area contributed by atoms with Crippen molar-refractivity contribution >= 4 is 31.6 Å². The normalized spacial score (nSPS) is 5.83. The van der Waals surface area contributed by atoms with Gasteiger partial charge in [0.1, 0.15) is 0 Å². The molecule has 3 nitrogen and oxygen atoms in total. The zero-order valence-electron chi connectivity index (χ0n) is 4.12. The maximum absolute atomic E-state index is 8.76. The van der Waals surface area contributed by atoms with E-state index < -0.39 is 14.5 Å². The summed E-state index contributed by atoms with van der Waals surface area (Å²) in [5, 5.41) is 0. The van der Waals surface area contributed by atoms with E-state index in [1.165, 1.54) is 0 Å². The molecule has 0 aromatic rings. The van der Waals surface area contributed by atoms with Crippen LogP contribution in [0.1, 0.15) is 1.43 Å². The molecule has 0 aliphatic rings. The molecule has 0 aromatic carbocycles. The van der Waals surface area contributed by atoms with E-state index in [0.29, 0.717) is 0 Å². The number of hydrogen-bond donors (Lipinski definition) is 2. The predicted molar refractivity (Wildman–Crippen MR) is 17.7 cm³/mol. The van der Waals surface area contributed by atoms with Gasteiger partial charge in [-0.15, -0.1) is 0 Å². The topological polar surface area (TPSA) is 57.5 Å². The van der Waals surface area contributed by atoms with Crippen molar-refractivity contribution in [1.82, 2.24) is 0 Å². The molecule has 0 bridgehead atoms. The van der Waals surface area contributed by atoms with Crippen LogP contribution < -0.4 is 29.6 Å². The van der Waals surface area contributed by atoms with E-state index in [1.54, 1.807) is 0 Å². The fraction of sp³-hybridized carbons (Fsp3) is 0. The van der Waals surface area contributed by atoms with Crippen LogP contribution in [0.3, 0.4) is 0 Å². The minimum Gasteiger partial charge on any atom is -1.00 e. The molecule has 0 atom stereocenters. The van der Waals surface area contributed by atoms with Gasteiger partial charge in [0.15, 0.2) is 0 Å². The molecule has 0 aliphatic heterocycles.